The van der Waals surface area contributed by atoms with Crippen LogP contribution < -0.4 is 0 Å². The standard InChI is InChI=1S/C25H38/c1-9-12-15-22(10-2)25(18-21(6)17-24(7,8)19-25)23(11-3)16-13-14-20(4)5/h9-16,21H,1,17-19H2,2-8H3/b15-12-,16-13-,22-10+,23-11+. The van der Waals surface area contributed by atoms with Gasteiger partial charge in [-0.1, -0.05) is 81.5 Å². The quantitative estimate of drug-likeness (QED) is 0.431. The van der Waals surface area contributed by atoms with Crippen molar-refractivity contribution in [2.45, 2.75) is 67.7 Å². The van der Waals surface area contributed by atoms with E-state index in [1.54, 1.807) is 0 Å². The molecule has 0 N–H and O–H groups in total. The summed E-state index contributed by atoms with van der Waals surface area (Å²) < 4.78 is 0. The molecule has 1 aliphatic rings. The Labute approximate surface area is 156 Å². The summed E-state index contributed by atoms with van der Waals surface area (Å²) in [6, 6.07) is 0. The van der Waals surface area contributed by atoms with Crippen molar-refractivity contribution in [1.29, 1.82) is 0 Å². The van der Waals surface area contributed by atoms with Gasteiger partial charge in [-0.3, -0.25) is 0 Å². The fourth-order valence-corrected chi connectivity index (χ4v) is 4.76. The molecule has 0 aromatic carbocycles. The molecule has 0 aromatic rings. The van der Waals surface area contributed by atoms with Gasteiger partial charge in [-0.25, -0.2) is 0 Å². The van der Waals surface area contributed by atoms with Gasteiger partial charge in [0, 0.05) is 5.41 Å². The van der Waals surface area contributed by atoms with Crippen LogP contribution in [0, 0.1) is 16.7 Å². The van der Waals surface area contributed by atoms with Crippen molar-refractivity contribution < 1.29 is 0 Å². The Morgan fingerprint density at radius 3 is 1.96 bits per heavy atom. The number of allylic oxidation sites excluding steroid dienone is 11. The average Bonchev–Trinajstić information content (AvgIpc) is 2.49. The molecule has 138 valence electrons. The Balaban J connectivity index is 3.50. The van der Waals surface area contributed by atoms with E-state index in [0.717, 1.165) is 0 Å². The Hall–Kier alpha value is -1.56. The van der Waals surface area contributed by atoms with Crippen LogP contribution in [0.2, 0.25) is 0 Å². The van der Waals surface area contributed by atoms with E-state index in [-0.39, 0.29) is 5.41 Å². The van der Waals surface area contributed by atoms with E-state index in [2.05, 4.69) is 97.6 Å². The lowest BCUT2D eigenvalue weighted by molar-refractivity contribution is 0.103. The van der Waals surface area contributed by atoms with Crippen molar-refractivity contribution in [3.8, 4) is 0 Å². The average molecular weight is 339 g/mol. The zero-order valence-electron chi connectivity index (χ0n) is 17.5. The minimum absolute atomic E-state index is 0.0795. The molecule has 0 saturated heterocycles. The van der Waals surface area contributed by atoms with Crippen LogP contribution in [0.25, 0.3) is 0 Å². The van der Waals surface area contributed by atoms with Crippen LogP contribution in [-0.2, 0) is 0 Å². The first kappa shape index (κ1) is 21.5. The van der Waals surface area contributed by atoms with Crippen molar-refractivity contribution >= 4 is 0 Å². The van der Waals surface area contributed by atoms with Gasteiger partial charge in [-0.2, -0.15) is 0 Å². The SMILES string of the molecule is C=C/C=C\C(=C/C)C1(C(/C=C\C=C(C)C)=C/C)CC(C)CC(C)(C)C1. The third kappa shape index (κ3) is 5.73. The molecule has 1 saturated carbocycles. The van der Waals surface area contributed by atoms with Crippen LogP contribution in [0.3, 0.4) is 0 Å². The molecule has 1 rings (SSSR count). The van der Waals surface area contributed by atoms with E-state index < -0.39 is 0 Å². The summed E-state index contributed by atoms with van der Waals surface area (Å²) in [5.41, 5.74) is 4.60. The molecular formula is C25H38. The third-order valence-corrected chi connectivity index (χ3v) is 5.22. The van der Waals surface area contributed by atoms with Crippen molar-refractivity contribution in [1.82, 2.24) is 0 Å². The van der Waals surface area contributed by atoms with Crippen LogP contribution in [0.5, 0.6) is 0 Å². The van der Waals surface area contributed by atoms with Gasteiger partial charge < -0.3 is 0 Å². The predicted octanol–water partition coefficient (Wildman–Crippen LogP) is 7.98. The van der Waals surface area contributed by atoms with E-state index in [1.807, 2.05) is 6.08 Å². The zero-order valence-corrected chi connectivity index (χ0v) is 17.5. The maximum atomic E-state index is 3.86. The maximum absolute atomic E-state index is 3.86. The second kappa shape index (κ2) is 9.22. The first-order valence-corrected chi connectivity index (χ1v) is 9.65. The van der Waals surface area contributed by atoms with Crippen LogP contribution in [0.15, 0.2) is 71.9 Å². The maximum Gasteiger partial charge on any atom is 0.0204 e. The Kier molecular flexibility index (Phi) is 7.93. The number of hydrogen-bond acceptors (Lipinski definition) is 0. The van der Waals surface area contributed by atoms with Crippen molar-refractivity contribution in [2.75, 3.05) is 0 Å². The van der Waals surface area contributed by atoms with Crippen molar-refractivity contribution in [2.24, 2.45) is 16.7 Å². The fraction of sp³-hybridized carbons (Fsp3) is 0.520. The van der Waals surface area contributed by atoms with E-state index in [4.69, 9.17) is 0 Å². The van der Waals surface area contributed by atoms with Crippen molar-refractivity contribution in [3.63, 3.8) is 0 Å². The smallest absolute Gasteiger partial charge is 0.0204 e. The van der Waals surface area contributed by atoms with E-state index in [1.165, 1.54) is 36.0 Å². The first-order valence-electron chi connectivity index (χ1n) is 9.65. The highest BCUT2D eigenvalue weighted by Crippen LogP contribution is 2.56. The highest BCUT2D eigenvalue weighted by atomic mass is 14.5. The second-order valence-electron chi connectivity index (χ2n) is 8.62. The summed E-state index contributed by atoms with van der Waals surface area (Å²) in [6.07, 6.45) is 21.3. The first-order chi connectivity index (χ1) is 11.7. The molecular weight excluding hydrogens is 300 g/mol. The summed E-state index contributed by atoms with van der Waals surface area (Å²) in [6.45, 7) is 19.8. The normalized spacial score (nSPS) is 27.7. The zero-order chi connectivity index (χ0) is 19.1. The van der Waals surface area contributed by atoms with Gasteiger partial charge in [0.1, 0.15) is 0 Å². The molecule has 0 heteroatoms. The summed E-state index contributed by atoms with van der Waals surface area (Å²) in [7, 11) is 0. The van der Waals surface area contributed by atoms with Crippen LogP contribution in [-0.4, -0.2) is 0 Å². The molecule has 0 nitrogen and oxygen atoms in total. The Morgan fingerprint density at radius 1 is 0.960 bits per heavy atom. The monoisotopic (exact) mass is 338 g/mol. The van der Waals surface area contributed by atoms with Gasteiger partial charge in [0.15, 0.2) is 0 Å². The lowest BCUT2D eigenvalue weighted by atomic mass is 9.54. The summed E-state index contributed by atoms with van der Waals surface area (Å²) in [5, 5.41) is 0. The van der Waals surface area contributed by atoms with Gasteiger partial charge in [0.25, 0.3) is 0 Å². The molecule has 0 heterocycles. The van der Waals surface area contributed by atoms with Crippen LogP contribution in [0.1, 0.15) is 67.7 Å². The third-order valence-electron chi connectivity index (χ3n) is 5.22. The fourth-order valence-electron chi connectivity index (χ4n) is 4.76. The van der Waals surface area contributed by atoms with Crippen LogP contribution in [0.4, 0.5) is 0 Å². The summed E-state index contributed by atoms with van der Waals surface area (Å²) in [5.74, 6) is 0.711. The molecule has 0 radical (unpaired) electrons. The molecule has 25 heavy (non-hydrogen) atoms. The molecule has 1 fully saturated rings. The molecule has 1 aliphatic carbocycles. The molecule has 0 amide bonds. The molecule has 0 spiro atoms. The second-order valence-corrected chi connectivity index (χ2v) is 8.62. The summed E-state index contributed by atoms with van der Waals surface area (Å²) in [4.78, 5) is 0. The van der Waals surface area contributed by atoms with E-state index in [9.17, 15) is 0 Å². The molecule has 0 aliphatic heterocycles. The lowest BCUT2D eigenvalue weighted by Crippen LogP contribution is -2.39. The molecule has 2 atom stereocenters. The topological polar surface area (TPSA) is 0 Å². The van der Waals surface area contributed by atoms with E-state index >= 15 is 0 Å². The predicted molar refractivity (Wildman–Crippen MR) is 115 cm³/mol. The number of rotatable bonds is 6. The Morgan fingerprint density at radius 2 is 1.52 bits per heavy atom. The highest BCUT2D eigenvalue weighted by molar-refractivity contribution is 5.44. The van der Waals surface area contributed by atoms with Gasteiger partial charge in [0.2, 0.25) is 0 Å². The lowest BCUT2D eigenvalue weighted by Gasteiger charge is -2.49. The van der Waals surface area contributed by atoms with Gasteiger partial charge in [-0.15, -0.1) is 0 Å². The highest BCUT2D eigenvalue weighted by Gasteiger charge is 2.45. The Bertz CT molecular complexity index is 600. The number of hydrogen-bond donors (Lipinski definition) is 0. The minimum Gasteiger partial charge on any atom is -0.0991 e. The summed E-state index contributed by atoms with van der Waals surface area (Å²) >= 11 is 0. The van der Waals surface area contributed by atoms with Crippen molar-refractivity contribution in [3.05, 3.63) is 71.9 Å². The van der Waals surface area contributed by atoms with Gasteiger partial charge >= 0.3 is 0 Å². The van der Waals surface area contributed by atoms with Gasteiger partial charge in [0.05, 0.1) is 0 Å². The molecule has 0 bridgehead atoms. The molecule has 2 unspecified atom stereocenters. The largest absolute Gasteiger partial charge is 0.0991 e. The van der Waals surface area contributed by atoms with Crippen LogP contribution >= 0.6 is 0 Å². The van der Waals surface area contributed by atoms with Gasteiger partial charge in [-0.05, 0) is 69.4 Å². The van der Waals surface area contributed by atoms with E-state index in [0.29, 0.717) is 11.3 Å². The molecule has 0 aromatic heterocycles. The minimum atomic E-state index is 0.0795.